The molecule has 5 saturated heterocycles. The summed E-state index contributed by atoms with van der Waals surface area (Å²) in [6.07, 6.45) is -8.90. The highest BCUT2D eigenvalue weighted by Crippen LogP contribution is 2.56. The van der Waals surface area contributed by atoms with Crippen LogP contribution in [0.3, 0.4) is 0 Å². The summed E-state index contributed by atoms with van der Waals surface area (Å²) in [5, 5.41) is 0. The molecule has 1 aromatic carbocycles. The van der Waals surface area contributed by atoms with Gasteiger partial charge in [0.05, 0.1) is 75.3 Å². The van der Waals surface area contributed by atoms with Crippen LogP contribution in [0.25, 0.3) is 0 Å². The number of ether oxygens (including phenoxy) is 15. The zero-order valence-electron chi connectivity index (χ0n) is 62.6. The summed E-state index contributed by atoms with van der Waals surface area (Å²) < 4.78 is 95.3. The first-order valence-electron chi connectivity index (χ1n) is 34.5. The third-order valence-electron chi connectivity index (χ3n) is 17.8. The molecule has 0 saturated carbocycles. The SMILES string of the molecule is CC(C)(C)C(=O)OC[C@H]1O[C@@H](OCCc2ccc(N3CC[C@@H]4[C@H]3O[C@@]3(CCO[C@@H]5O[C@H](COC(=O)C(C)(C)C)[C@@H](OC(=O)C(C)(C)C)[C@H](OC(=O)C(C)(C)C)[C@H]5OC(=O)C(C)(C)C)C=CC5(C[C@@H]43)OCCO5)cc2)[C@H](OC(=O)C(C)(C)C)[C@@H](OC(=O)C(C)(C)C)[C@@H]1OC(=O)C(C)(C)C. The normalized spacial score (nSPS) is 29.0. The Morgan fingerprint density at radius 3 is 1.18 bits per heavy atom. The van der Waals surface area contributed by atoms with Crippen molar-refractivity contribution >= 4 is 53.4 Å². The second-order valence-corrected chi connectivity index (χ2v) is 35.2. The van der Waals surface area contributed by atoms with E-state index >= 15 is 0 Å². The van der Waals surface area contributed by atoms with E-state index in [9.17, 15) is 38.4 Å². The summed E-state index contributed by atoms with van der Waals surface area (Å²) in [7, 11) is 0. The zero-order chi connectivity index (χ0) is 73.5. The molecule has 1 spiro atoms. The van der Waals surface area contributed by atoms with Gasteiger partial charge in [-0.2, -0.15) is 0 Å². The first-order valence-corrected chi connectivity index (χ1v) is 34.5. The molecule has 98 heavy (non-hydrogen) atoms. The van der Waals surface area contributed by atoms with Crippen LogP contribution in [0.15, 0.2) is 36.4 Å². The van der Waals surface area contributed by atoms with Gasteiger partial charge in [-0.25, -0.2) is 0 Å². The van der Waals surface area contributed by atoms with Crippen molar-refractivity contribution in [2.75, 3.05) is 51.1 Å². The van der Waals surface area contributed by atoms with Gasteiger partial charge in [0.1, 0.15) is 31.6 Å². The number of benzene rings is 1. The largest absolute Gasteiger partial charge is 0.462 e. The van der Waals surface area contributed by atoms with Crippen LogP contribution in [0.4, 0.5) is 5.69 Å². The maximum atomic E-state index is 14.1. The number of anilines is 1. The molecule has 24 nitrogen and oxygen atoms in total. The van der Waals surface area contributed by atoms with E-state index in [4.69, 9.17) is 71.1 Å². The van der Waals surface area contributed by atoms with Gasteiger partial charge in [-0.3, -0.25) is 38.4 Å². The Kier molecular flexibility index (Phi) is 24.1. The Bertz CT molecular complexity index is 3040. The molecule has 24 heteroatoms. The number of esters is 8. The summed E-state index contributed by atoms with van der Waals surface area (Å²) >= 11 is 0. The van der Waals surface area contributed by atoms with Crippen LogP contribution >= 0.6 is 0 Å². The third kappa shape index (κ3) is 19.4. The van der Waals surface area contributed by atoms with E-state index in [2.05, 4.69) is 4.90 Å². The fourth-order valence-corrected chi connectivity index (χ4v) is 11.6. The molecule has 0 bridgehead atoms. The van der Waals surface area contributed by atoms with Crippen molar-refractivity contribution in [2.45, 2.75) is 271 Å². The van der Waals surface area contributed by atoms with E-state index in [0.717, 1.165) is 17.7 Å². The van der Waals surface area contributed by atoms with E-state index in [-0.39, 0.29) is 31.5 Å². The van der Waals surface area contributed by atoms with E-state index in [0.29, 0.717) is 32.6 Å². The zero-order valence-corrected chi connectivity index (χ0v) is 62.6. The highest BCUT2D eigenvalue weighted by atomic mass is 16.8. The van der Waals surface area contributed by atoms with Crippen LogP contribution in [0.2, 0.25) is 0 Å². The third-order valence-corrected chi connectivity index (χ3v) is 17.8. The van der Waals surface area contributed by atoms with Gasteiger partial charge in [0.2, 0.25) is 0 Å². The minimum absolute atomic E-state index is 0.00141. The smallest absolute Gasteiger partial charge is 0.311 e. The molecule has 0 radical (unpaired) electrons. The molecule has 5 aliphatic heterocycles. The van der Waals surface area contributed by atoms with Crippen molar-refractivity contribution in [1.82, 2.24) is 0 Å². The van der Waals surface area contributed by atoms with Crippen molar-refractivity contribution in [3.05, 3.63) is 42.0 Å². The van der Waals surface area contributed by atoms with Crippen molar-refractivity contribution < 1.29 is 109 Å². The van der Waals surface area contributed by atoms with Gasteiger partial charge in [-0.1, -0.05) is 18.2 Å². The molecule has 0 N–H and O–H groups in total. The quantitative estimate of drug-likeness (QED) is 0.0707. The molecule has 552 valence electrons. The molecule has 7 rings (SSSR count). The molecular formula is C74H113NO23. The van der Waals surface area contributed by atoms with E-state index in [1.54, 1.807) is 166 Å². The fraction of sp³-hybridized carbons (Fsp3) is 0.784. The molecule has 6 aliphatic rings. The van der Waals surface area contributed by atoms with Gasteiger partial charge in [0, 0.05) is 36.9 Å². The first-order chi connectivity index (χ1) is 44.8. The lowest BCUT2D eigenvalue weighted by Crippen LogP contribution is -2.64. The summed E-state index contributed by atoms with van der Waals surface area (Å²) in [5.74, 6) is -6.37. The molecular weight excluding hydrogens is 1270 g/mol. The molecule has 1 aromatic rings. The van der Waals surface area contributed by atoms with Gasteiger partial charge < -0.3 is 76.0 Å². The predicted molar refractivity (Wildman–Crippen MR) is 356 cm³/mol. The van der Waals surface area contributed by atoms with Gasteiger partial charge in [0.15, 0.2) is 55.0 Å². The van der Waals surface area contributed by atoms with Crippen molar-refractivity contribution in [2.24, 2.45) is 55.2 Å². The maximum Gasteiger partial charge on any atom is 0.311 e. The van der Waals surface area contributed by atoms with E-state index < -0.39 is 183 Å². The number of fused-ring (bicyclic) bond motifs is 3. The topological polar surface area (TPSA) is 278 Å². The highest BCUT2D eigenvalue weighted by molar-refractivity contribution is 5.80. The molecule has 0 unspecified atom stereocenters. The van der Waals surface area contributed by atoms with Crippen molar-refractivity contribution in [3.8, 4) is 0 Å². The Balaban J connectivity index is 1.15. The van der Waals surface area contributed by atoms with Crippen LogP contribution in [0, 0.1) is 55.2 Å². The van der Waals surface area contributed by atoms with Crippen molar-refractivity contribution in [3.63, 3.8) is 0 Å². The second kappa shape index (κ2) is 29.7. The van der Waals surface area contributed by atoms with Gasteiger partial charge in [0.25, 0.3) is 0 Å². The Hall–Kier alpha value is -5.76. The Morgan fingerprint density at radius 2 is 0.806 bits per heavy atom. The average molecular weight is 1380 g/mol. The van der Waals surface area contributed by atoms with E-state index in [1.165, 1.54) is 0 Å². The summed E-state index contributed by atoms with van der Waals surface area (Å²) in [6.45, 7) is 40.6. The number of carbonyl (C=O) groups excluding carboxylic acids is 8. The monoisotopic (exact) mass is 1380 g/mol. The van der Waals surface area contributed by atoms with Gasteiger partial charge in [-0.05, 0) is 203 Å². The lowest BCUT2D eigenvalue weighted by molar-refractivity contribution is -0.313. The molecule has 1 aliphatic carbocycles. The number of nitrogens with zero attached hydrogens (tertiary/aromatic N) is 1. The lowest BCUT2D eigenvalue weighted by Gasteiger charge is -2.46. The minimum Gasteiger partial charge on any atom is -0.462 e. The number of rotatable bonds is 19. The van der Waals surface area contributed by atoms with Gasteiger partial charge in [-0.15, -0.1) is 0 Å². The fourth-order valence-electron chi connectivity index (χ4n) is 11.6. The number of hydrogen-bond acceptors (Lipinski definition) is 24. The lowest BCUT2D eigenvalue weighted by atomic mass is 9.71. The summed E-state index contributed by atoms with van der Waals surface area (Å²) in [6, 6.07) is 7.95. The molecule has 5 heterocycles. The van der Waals surface area contributed by atoms with Crippen LogP contribution in [0.5, 0.6) is 0 Å². The highest BCUT2D eigenvalue weighted by Gasteiger charge is 2.63. The van der Waals surface area contributed by atoms with Gasteiger partial charge >= 0.3 is 47.8 Å². The minimum atomic E-state index is -1.50. The second-order valence-electron chi connectivity index (χ2n) is 35.2. The average Bonchev–Trinajstić information content (AvgIpc) is 1.55. The molecule has 5 fully saturated rings. The molecule has 14 atom stereocenters. The van der Waals surface area contributed by atoms with Crippen LogP contribution in [-0.4, -0.2) is 173 Å². The number of hydrogen-bond donors (Lipinski definition) is 0. The summed E-state index contributed by atoms with van der Waals surface area (Å²) in [4.78, 5) is 112. The Labute approximate surface area is 579 Å². The Morgan fingerprint density at radius 1 is 0.449 bits per heavy atom. The molecule has 0 aromatic heterocycles. The first kappa shape index (κ1) is 79.6. The number of carbonyl (C=O) groups is 8. The molecule has 0 amide bonds. The van der Waals surface area contributed by atoms with Crippen LogP contribution < -0.4 is 4.90 Å². The van der Waals surface area contributed by atoms with E-state index in [1.807, 2.05) is 36.4 Å². The standard InChI is InChI=1S/C74H113NO23/c1-65(2,3)57(76)86-40-46-48(92-59(78)67(7,8)9)50(94-61(80)69(13,14)15)52(96-63(82)71(19,20)21)55(90-46)84-35-30-42-25-27-43(28-26-42)75-34-29-44-45-39-74(88-37-38-89-74)32-31-73(45,98-54(44)75)33-36-85-56-53(97-64(83)72(22,23)24)51(95-62(81)70(16,17)18)49(93-60(79)68(10,11)12)47(91-56)41-87-58(77)66(4,5)6/h25-28,31-32,44-56H,29-30,33-41H2,1-24H3/t44-,45-,46+,47+,48+,49+,50-,51-,52+,53+,54+,55+,56+,73+/m0/s1. The van der Waals surface area contributed by atoms with Crippen molar-refractivity contribution in [1.29, 1.82) is 0 Å². The summed E-state index contributed by atoms with van der Waals surface area (Å²) in [5.41, 5.74) is -7.41. The van der Waals surface area contributed by atoms with Crippen LogP contribution in [-0.2, 0) is 116 Å². The predicted octanol–water partition coefficient (Wildman–Crippen LogP) is 10.3. The maximum absolute atomic E-state index is 14.1. The van der Waals surface area contributed by atoms with Crippen LogP contribution in [0.1, 0.15) is 191 Å².